The summed E-state index contributed by atoms with van der Waals surface area (Å²) in [5.74, 6) is 0. The molecule has 1 fully saturated rings. The Bertz CT molecular complexity index is 513. The molecule has 0 bridgehead atoms. The molecule has 0 unspecified atom stereocenters. The van der Waals surface area contributed by atoms with Crippen molar-refractivity contribution in [2.24, 2.45) is 0 Å². The van der Waals surface area contributed by atoms with Crippen molar-refractivity contribution in [2.45, 2.75) is 58.2 Å². The molecule has 0 spiro atoms. The maximum absolute atomic E-state index is 11.8. The van der Waals surface area contributed by atoms with Crippen LogP contribution in [-0.2, 0) is 11.2 Å². The Labute approximate surface area is 120 Å². The lowest BCUT2D eigenvalue weighted by molar-refractivity contribution is 0.0636. The SMILES string of the molecule is Cc1ccc(CC2(O)CC2)cc1NC(=O)OC(C)(C)C. The largest absolute Gasteiger partial charge is 0.444 e. The van der Waals surface area contributed by atoms with Crippen molar-refractivity contribution in [2.75, 3.05) is 5.32 Å². The Hall–Kier alpha value is -1.55. The van der Waals surface area contributed by atoms with Gasteiger partial charge in [0.2, 0.25) is 0 Å². The van der Waals surface area contributed by atoms with Gasteiger partial charge in [-0.3, -0.25) is 5.32 Å². The van der Waals surface area contributed by atoms with Gasteiger partial charge in [0.1, 0.15) is 5.60 Å². The number of anilines is 1. The van der Waals surface area contributed by atoms with E-state index in [0.717, 1.165) is 29.7 Å². The van der Waals surface area contributed by atoms with Crippen molar-refractivity contribution in [1.82, 2.24) is 0 Å². The van der Waals surface area contributed by atoms with Crippen molar-refractivity contribution in [3.05, 3.63) is 29.3 Å². The van der Waals surface area contributed by atoms with Gasteiger partial charge in [-0.05, 0) is 57.7 Å². The van der Waals surface area contributed by atoms with Crippen molar-refractivity contribution >= 4 is 11.8 Å². The normalized spacial score (nSPS) is 16.6. The van der Waals surface area contributed by atoms with Crippen molar-refractivity contribution in [3.63, 3.8) is 0 Å². The van der Waals surface area contributed by atoms with Crippen LogP contribution in [0.5, 0.6) is 0 Å². The molecule has 20 heavy (non-hydrogen) atoms. The predicted octanol–water partition coefficient (Wildman–Crippen LogP) is 3.41. The zero-order valence-electron chi connectivity index (χ0n) is 12.6. The van der Waals surface area contributed by atoms with Crippen molar-refractivity contribution in [1.29, 1.82) is 0 Å². The Balaban J connectivity index is 2.06. The van der Waals surface area contributed by atoms with Gasteiger partial charge in [-0.2, -0.15) is 0 Å². The Morgan fingerprint density at radius 1 is 1.40 bits per heavy atom. The smallest absolute Gasteiger partial charge is 0.412 e. The topological polar surface area (TPSA) is 58.6 Å². The van der Waals surface area contributed by atoms with Crippen molar-refractivity contribution < 1.29 is 14.6 Å². The molecule has 2 N–H and O–H groups in total. The first kappa shape index (κ1) is 14.9. The van der Waals surface area contributed by atoms with Gasteiger partial charge in [0, 0.05) is 12.1 Å². The molecule has 1 aliphatic carbocycles. The third-order valence-corrected chi connectivity index (χ3v) is 3.30. The lowest BCUT2D eigenvalue weighted by Crippen LogP contribution is -2.27. The first-order valence-corrected chi connectivity index (χ1v) is 6.99. The summed E-state index contributed by atoms with van der Waals surface area (Å²) >= 11 is 0. The highest BCUT2D eigenvalue weighted by Crippen LogP contribution is 2.38. The minimum atomic E-state index is -0.529. The molecule has 4 heteroatoms. The fourth-order valence-electron chi connectivity index (χ4n) is 2.03. The highest BCUT2D eigenvalue weighted by atomic mass is 16.6. The molecule has 2 rings (SSSR count). The second-order valence-electron chi connectivity index (χ2n) is 6.68. The lowest BCUT2D eigenvalue weighted by atomic mass is 10.0. The van der Waals surface area contributed by atoms with E-state index < -0.39 is 17.3 Å². The average Bonchev–Trinajstić information content (AvgIpc) is 2.98. The first-order chi connectivity index (χ1) is 9.17. The molecule has 1 aliphatic rings. The van der Waals surface area contributed by atoms with Gasteiger partial charge in [-0.1, -0.05) is 12.1 Å². The fourth-order valence-corrected chi connectivity index (χ4v) is 2.03. The summed E-state index contributed by atoms with van der Waals surface area (Å²) in [7, 11) is 0. The third-order valence-electron chi connectivity index (χ3n) is 3.30. The minimum Gasteiger partial charge on any atom is -0.444 e. The zero-order chi connectivity index (χ0) is 15.0. The van der Waals surface area contributed by atoms with E-state index in [-0.39, 0.29) is 0 Å². The van der Waals surface area contributed by atoms with Crippen LogP contribution < -0.4 is 5.32 Å². The van der Waals surface area contributed by atoms with Crippen LogP contribution >= 0.6 is 0 Å². The van der Waals surface area contributed by atoms with Crippen LogP contribution in [-0.4, -0.2) is 22.4 Å². The van der Waals surface area contributed by atoms with Gasteiger partial charge in [0.25, 0.3) is 0 Å². The van der Waals surface area contributed by atoms with E-state index >= 15 is 0 Å². The van der Waals surface area contributed by atoms with Crippen LogP contribution in [0.3, 0.4) is 0 Å². The monoisotopic (exact) mass is 277 g/mol. The highest BCUT2D eigenvalue weighted by Gasteiger charge is 2.40. The number of aliphatic hydroxyl groups is 1. The number of nitrogens with one attached hydrogen (secondary N) is 1. The summed E-state index contributed by atoms with van der Waals surface area (Å²) in [5, 5.41) is 12.7. The minimum absolute atomic E-state index is 0.456. The maximum Gasteiger partial charge on any atom is 0.412 e. The summed E-state index contributed by atoms with van der Waals surface area (Å²) in [4.78, 5) is 11.8. The van der Waals surface area contributed by atoms with Crippen LogP contribution in [0.4, 0.5) is 10.5 Å². The standard InChI is InChI=1S/C16H23NO3/c1-11-5-6-12(10-16(19)7-8-16)9-13(11)17-14(18)20-15(2,3)4/h5-6,9,19H,7-8,10H2,1-4H3,(H,17,18). The number of hydrogen-bond donors (Lipinski definition) is 2. The van der Waals surface area contributed by atoms with Crippen molar-refractivity contribution in [3.8, 4) is 0 Å². The van der Waals surface area contributed by atoms with Crippen LogP contribution in [0.2, 0.25) is 0 Å². The van der Waals surface area contributed by atoms with E-state index in [9.17, 15) is 9.90 Å². The maximum atomic E-state index is 11.8. The number of benzene rings is 1. The summed E-state index contributed by atoms with van der Waals surface area (Å²) in [5.41, 5.74) is 1.70. The van der Waals surface area contributed by atoms with Gasteiger partial charge in [0.05, 0.1) is 5.60 Å². The van der Waals surface area contributed by atoms with E-state index in [0.29, 0.717) is 6.42 Å². The summed E-state index contributed by atoms with van der Waals surface area (Å²) < 4.78 is 5.25. The van der Waals surface area contributed by atoms with E-state index in [2.05, 4.69) is 5.32 Å². The van der Waals surface area contributed by atoms with E-state index in [1.165, 1.54) is 0 Å². The van der Waals surface area contributed by atoms with Gasteiger partial charge >= 0.3 is 6.09 Å². The Kier molecular flexibility index (Phi) is 3.78. The molecule has 0 aromatic heterocycles. The Morgan fingerprint density at radius 2 is 2.05 bits per heavy atom. The summed E-state index contributed by atoms with van der Waals surface area (Å²) in [6.07, 6.45) is 1.89. The molecule has 4 nitrogen and oxygen atoms in total. The first-order valence-electron chi connectivity index (χ1n) is 6.99. The predicted molar refractivity (Wildman–Crippen MR) is 78.9 cm³/mol. The second kappa shape index (κ2) is 5.09. The number of hydrogen-bond acceptors (Lipinski definition) is 3. The number of aryl methyl sites for hydroxylation is 1. The zero-order valence-corrected chi connectivity index (χ0v) is 12.6. The van der Waals surface area contributed by atoms with Crippen LogP contribution in [0.15, 0.2) is 18.2 Å². The van der Waals surface area contributed by atoms with Gasteiger partial charge in [-0.25, -0.2) is 4.79 Å². The van der Waals surface area contributed by atoms with Gasteiger partial charge in [-0.15, -0.1) is 0 Å². The number of rotatable bonds is 3. The lowest BCUT2D eigenvalue weighted by Gasteiger charge is -2.20. The molecular weight excluding hydrogens is 254 g/mol. The fraction of sp³-hybridized carbons (Fsp3) is 0.562. The molecule has 1 aromatic carbocycles. The van der Waals surface area contributed by atoms with Crippen LogP contribution in [0.25, 0.3) is 0 Å². The highest BCUT2D eigenvalue weighted by molar-refractivity contribution is 5.86. The quantitative estimate of drug-likeness (QED) is 0.890. The van der Waals surface area contributed by atoms with Gasteiger partial charge < -0.3 is 9.84 Å². The third kappa shape index (κ3) is 4.23. The van der Waals surface area contributed by atoms with E-state index in [1.54, 1.807) is 0 Å². The summed E-state index contributed by atoms with van der Waals surface area (Å²) in [6.45, 7) is 7.43. The second-order valence-corrected chi connectivity index (χ2v) is 6.68. The molecule has 0 radical (unpaired) electrons. The number of carbonyl (C=O) groups excluding carboxylic acids is 1. The molecule has 0 saturated heterocycles. The number of ether oxygens (including phenoxy) is 1. The molecule has 0 heterocycles. The molecule has 110 valence electrons. The average molecular weight is 277 g/mol. The van der Waals surface area contributed by atoms with Crippen LogP contribution in [0, 0.1) is 6.92 Å². The molecule has 1 saturated carbocycles. The molecule has 1 amide bonds. The molecule has 0 aliphatic heterocycles. The van der Waals surface area contributed by atoms with E-state index in [1.807, 2.05) is 45.9 Å². The van der Waals surface area contributed by atoms with Crippen LogP contribution in [0.1, 0.15) is 44.7 Å². The van der Waals surface area contributed by atoms with E-state index in [4.69, 9.17) is 4.74 Å². The number of carbonyl (C=O) groups is 1. The van der Waals surface area contributed by atoms with Gasteiger partial charge in [0.15, 0.2) is 0 Å². The number of amides is 1. The molecular formula is C16H23NO3. The Morgan fingerprint density at radius 3 is 2.60 bits per heavy atom. The molecule has 1 aromatic rings. The summed E-state index contributed by atoms with van der Waals surface area (Å²) in [6, 6.07) is 5.86. The molecule has 0 atom stereocenters.